The molecule has 0 aromatic heterocycles. The van der Waals surface area contributed by atoms with Crippen molar-refractivity contribution in [1.82, 2.24) is 0 Å². The molecule has 1 aliphatic heterocycles. The smallest absolute Gasteiger partial charge is 0.127 e. The van der Waals surface area contributed by atoms with E-state index in [0.717, 1.165) is 46.5 Å². The Balaban J connectivity index is 2.04. The highest BCUT2D eigenvalue weighted by molar-refractivity contribution is 9.10. The van der Waals surface area contributed by atoms with E-state index in [4.69, 9.17) is 15.2 Å². The van der Waals surface area contributed by atoms with Crippen LogP contribution in [0.5, 0.6) is 11.5 Å². The van der Waals surface area contributed by atoms with Crippen LogP contribution in [0.2, 0.25) is 0 Å². The molecule has 4 heteroatoms. The van der Waals surface area contributed by atoms with E-state index >= 15 is 0 Å². The number of hydrogen-bond donors (Lipinski definition) is 1. The Bertz CT molecular complexity index is 657. The zero-order valence-corrected chi connectivity index (χ0v) is 13.5. The van der Waals surface area contributed by atoms with Gasteiger partial charge in [0.2, 0.25) is 0 Å². The first kappa shape index (κ1) is 14.4. The molecule has 2 N–H and O–H groups in total. The Morgan fingerprint density at radius 2 is 2.10 bits per heavy atom. The monoisotopic (exact) mass is 347 g/mol. The summed E-state index contributed by atoms with van der Waals surface area (Å²) in [4.78, 5) is 0. The van der Waals surface area contributed by atoms with Crippen LogP contribution in [0.1, 0.15) is 29.2 Å². The van der Waals surface area contributed by atoms with Crippen LogP contribution in [-0.4, -0.2) is 13.7 Å². The zero-order valence-electron chi connectivity index (χ0n) is 11.9. The summed E-state index contributed by atoms with van der Waals surface area (Å²) < 4.78 is 12.1. The van der Waals surface area contributed by atoms with Gasteiger partial charge in [-0.25, -0.2) is 0 Å². The van der Waals surface area contributed by atoms with Crippen molar-refractivity contribution in [2.24, 2.45) is 5.73 Å². The maximum atomic E-state index is 6.50. The van der Waals surface area contributed by atoms with E-state index < -0.39 is 0 Å². The number of nitrogens with two attached hydrogens (primary N) is 1. The zero-order chi connectivity index (χ0) is 14.8. The SMILES string of the molecule is COc1ccc(Br)c(C(N)c2cccc3c2OCCC3)c1. The van der Waals surface area contributed by atoms with Crippen molar-refractivity contribution in [1.29, 1.82) is 0 Å². The lowest BCUT2D eigenvalue weighted by Crippen LogP contribution is -2.17. The van der Waals surface area contributed by atoms with Gasteiger partial charge in [-0.15, -0.1) is 0 Å². The Hall–Kier alpha value is -1.52. The van der Waals surface area contributed by atoms with E-state index in [1.54, 1.807) is 7.11 Å². The third-order valence-electron chi connectivity index (χ3n) is 3.84. The first-order valence-electron chi connectivity index (χ1n) is 7.04. The number of rotatable bonds is 3. The number of methoxy groups -OCH3 is 1. The largest absolute Gasteiger partial charge is 0.497 e. The van der Waals surface area contributed by atoms with Crippen molar-refractivity contribution in [3.63, 3.8) is 0 Å². The Labute approximate surface area is 133 Å². The minimum Gasteiger partial charge on any atom is -0.497 e. The topological polar surface area (TPSA) is 44.5 Å². The number of aryl methyl sites for hydroxylation is 1. The number of fused-ring (bicyclic) bond motifs is 1. The fourth-order valence-electron chi connectivity index (χ4n) is 2.71. The molecule has 1 heterocycles. The number of halogens is 1. The Morgan fingerprint density at radius 1 is 1.24 bits per heavy atom. The van der Waals surface area contributed by atoms with Gasteiger partial charge in [-0.2, -0.15) is 0 Å². The van der Waals surface area contributed by atoms with Gasteiger partial charge >= 0.3 is 0 Å². The van der Waals surface area contributed by atoms with Crippen LogP contribution in [0.25, 0.3) is 0 Å². The molecule has 21 heavy (non-hydrogen) atoms. The lowest BCUT2D eigenvalue weighted by molar-refractivity contribution is 0.284. The van der Waals surface area contributed by atoms with Crippen molar-refractivity contribution in [2.75, 3.05) is 13.7 Å². The molecule has 0 spiro atoms. The molecular weight excluding hydrogens is 330 g/mol. The second-order valence-electron chi connectivity index (χ2n) is 5.15. The van der Waals surface area contributed by atoms with E-state index in [0.29, 0.717) is 0 Å². The van der Waals surface area contributed by atoms with Crippen LogP contribution in [0.15, 0.2) is 40.9 Å². The third kappa shape index (κ3) is 2.78. The highest BCUT2D eigenvalue weighted by Crippen LogP contribution is 2.37. The average Bonchev–Trinajstić information content (AvgIpc) is 2.54. The molecule has 1 aliphatic rings. The standard InChI is InChI=1S/C17H18BrNO2/c1-20-12-7-8-15(18)14(10-12)16(19)13-6-2-4-11-5-3-9-21-17(11)13/h2,4,6-8,10,16H,3,5,9,19H2,1H3. The molecule has 3 nitrogen and oxygen atoms in total. The van der Waals surface area contributed by atoms with E-state index in [2.05, 4.69) is 28.1 Å². The summed E-state index contributed by atoms with van der Waals surface area (Å²) in [6, 6.07) is 11.8. The quantitative estimate of drug-likeness (QED) is 0.917. The van der Waals surface area contributed by atoms with Crippen molar-refractivity contribution >= 4 is 15.9 Å². The van der Waals surface area contributed by atoms with E-state index in [1.807, 2.05) is 24.3 Å². The second kappa shape index (κ2) is 6.08. The lowest BCUT2D eigenvalue weighted by atomic mass is 9.94. The fourth-order valence-corrected chi connectivity index (χ4v) is 3.21. The van der Waals surface area contributed by atoms with Gasteiger partial charge < -0.3 is 15.2 Å². The predicted octanol–water partition coefficient (Wildman–Crippen LogP) is 3.83. The van der Waals surface area contributed by atoms with Gasteiger partial charge in [0.25, 0.3) is 0 Å². The van der Waals surface area contributed by atoms with Crippen LogP contribution >= 0.6 is 15.9 Å². The summed E-state index contributed by atoms with van der Waals surface area (Å²) in [5.74, 6) is 1.75. The van der Waals surface area contributed by atoms with Crippen LogP contribution in [0.4, 0.5) is 0 Å². The summed E-state index contributed by atoms with van der Waals surface area (Å²) >= 11 is 3.58. The van der Waals surface area contributed by atoms with Crippen molar-refractivity contribution in [3.05, 3.63) is 57.6 Å². The Kier molecular flexibility index (Phi) is 4.17. The second-order valence-corrected chi connectivity index (χ2v) is 6.01. The van der Waals surface area contributed by atoms with E-state index in [-0.39, 0.29) is 6.04 Å². The minimum absolute atomic E-state index is 0.248. The molecule has 2 aromatic carbocycles. The summed E-state index contributed by atoms with van der Waals surface area (Å²) in [5.41, 5.74) is 9.77. The third-order valence-corrected chi connectivity index (χ3v) is 4.56. The highest BCUT2D eigenvalue weighted by Gasteiger charge is 2.21. The van der Waals surface area contributed by atoms with Gasteiger partial charge in [-0.05, 0) is 42.2 Å². The minimum atomic E-state index is -0.248. The molecule has 0 aliphatic carbocycles. The van der Waals surface area contributed by atoms with Crippen LogP contribution in [0.3, 0.4) is 0 Å². The lowest BCUT2D eigenvalue weighted by Gasteiger charge is -2.24. The number of ether oxygens (including phenoxy) is 2. The summed E-state index contributed by atoms with van der Waals surface area (Å²) in [6.45, 7) is 0.760. The van der Waals surface area contributed by atoms with Gasteiger partial charge in [0.1, 0.15) is 11.5 Å². The van der Waals surface area contributed by atoms with Gasteiger partial charge in [0, 0.05) is 10.0 Å². The van der Waals surface area contributed by atoms with Gasteiger partial charge in [0.05, 0.1) is 19.8 Å². The normalized spacial score (nSPS) is 15.0. The van der Waals surface area contributed by atoms with Crippen LogP contribution < -0.4 is 15.2 Å². The van der Waals surface area contributed by atoms with Gasteiger partial charge in [-0.3, -0.25) is 0 Å². The maximum Gasteiger partial charge on any atom is 0.127 e. The molecule has 1 atom stereocenters. The van der Waals surface area contributed by atoms with E-state index in [9.17, 15) is 0 Å². The van der Waals surface area contributed by atoms with Crippen molar-refractivity contribution < 1.29 is 9.47 Å². The molecule has 1 unspecified atom stereocenters. The van der Waals surface area contributed by atoms with Gasteiger partial charge in [0.15, 0.2) is 0 Å². The molecule has 0 saturated carbocycles. The summed E-state index contributed by atoms with van der Waals surface area (Å²) in [6.07, 6.45) is 2.11. The molecule has 0 amide bonds. The molecule has 0 bridgehead atoms. The fraction of sp³-hybridized carbons (Fsp3) is 0.294. The number of para-hydroxylation sites is 1. The highest BCUT2D eigenvalue weighted by atomic mass is 79.9. The first-order chi connectivity index (χ1) is 10.2. The molecule has 0 radical (unpaired) electrons. The first-order valence-corrected chi connectivity index (χ1v) is 7.83. The molecule has 0 saturated heterocycles. The average molecular weight is 348 g/mol. The van der Waals surface area contributed by atoms with Crippen molar-refractivity contribution in [2.45, 2.75) is 18.9 Å². The molecule has 0 fully saturated rings. The Morgan fingerprint density at radius 3 is 2.90 bits per heavy atom. The van der Waals surface area contributed by atoms with Gasteiger partial charge in [-0.1, -0.05) is 34.1 Å². The molecule has 110 valence electrons. The number of hydrogen-bond acceptors (Lipinski definition) is 3. The molecular formula is C17H18BrNO2. The van der Waals surface area contributed by atoms with Crippen LogP contribution in [-0.2, 0) is 6.42 Å². The van der Waals surface area contributed by atoms with Crippen molar-refractivity contribution in [3.8, 4) is 11.5 Å². The molecule has 3 rings (SSSR count). The van der Waals surface area contributed by atoms with E-state index in [1.165, 1.54) is 5.56 Å². The maximum absolute atomic E-state index is 6.50. The number of benzene rings is 2. The summed E-state index contributed by atoms with van der Waals surface area (Å²) in [5, 5.41) is 0. The van der Waals surface area contributed by atoms with Crippen LogP contribution in [0, 0.1) is 0 Å². The predicted molar refractivity (Wildman–Crippen MR) is 87.0 cm³/mol. The molecule has 2 aromatic rings. The summed E-state index contributed by atoms with van der Waals surface area (Å²) in [7, 11) is 1.66.